The number of nitrogens with zero attached hydrogens (tertiary/aromatic N) is 1. The number of hydrogen-bond donors (Lipinski definition) is 1. The van der Waals surface area contributed by atoms with Crippen LogP contribution in [0.15, 0.2) is 40.9 Å². The molecule has 0 radical (unpaired) electrons. The van der Waals surface area contributed by atoms with Gasteiger partial charge in [-0.05, 0) is 37.3 Å². The Hall–Kier alpha value is -2.57. The SMILES string of the molecule is COc1ccc(NC(=O)c2c(-c3c(F)cccc3Cl)noc2C)cc1Cl. The van der Waals surface area contributed by atoms with E-state index >= 15 is 0 Å². The summed E-state index contributed by atoms with van der Waals surface area (Å²) in [6.45, 7) is 1.56. The minimum Gasteiger partial charge on any atom is -0.495 e. The maximum absolute atomic E-state index is 14.2. The molecule has 8 heteroatoms. The molecule has 1 N–H and O–H groups in total. The van der Waals surface area contributed by atoms with Crippen LogP contribution in [0.1, 0.15) is 16.1 Å². The van der Waals surface area contributed by atoms with Gasteiger partial charge in [0.1, 0.15) is 28.6 Å². The Balaban J connectivity index is 1.99. The third-order valence-corrected chi connectivity index (χ3v) is 4.31. The van der Waals surface area contributed by atoms with E-state index in [1.54, 1.807) is 19.1 Å². The van der Waals surface area contributed by atoms with Crippen molar-refractivity contribution in [1.82, 2.24) is 5.16 Å². The first-order chi connectivity index (χ1) is 12.4. The van der Waals surface area contributed by atoms with E-state index in [1.807, 2.05) is 0 Å². The number of aromatic nitrogens is 1. The lowest BCUT2D eigenvalue weighted by molar-refractivity contribution is 0.102. The van der Waals surface area contributed by atoms with Gasteiger partial charge in [-0.25, -0.2) is 4.39 Å². The van der Waals surface area contributed by atoms with Crippen LogP contribution < -0.4 is 10.1 Å². The smallest absolute Gasteiger partial charge is 0.261 e. The molecule has 0 unspecified atom stereocenters. The first-order valence-electron chi connectivity index (χ1n) is 7.48. The van der Waals surface area contributed by atoms with Crippen LogP contribution in [-0.4, -0.2) is 18.2 Å². The van der Waals surface area contributed by atoms with Crippen LogP contribution in [0.25, 0.3) is 11.3 Å². The van der Waals surface area contributed by atoms with Crippen molar-refractivity contribution < 1.29 is 18.4 Å². The summed E-state index contributed by atoms with van der Waals surface area (Å²) in [7, 11) is 1.49. The number of benzene rings is 2. The van der Waals surface area contributed by atoms with Crippen molar-refractivity contribution in [2.24, 2.45) is 0 Å². The van der Waals surface area contributed by atoms with Gasteiger partial charge in [0.25, 0.3) is 5.91 Å². The number of methoxy groups -OCH3 is 1. The van der Waals surface area contributed by atoms with Crippen molar-refractivity contribution in [3.8, 4) is 17.0 Å². The summed E-state index contributed by atoms with van der Waals surface area (Å²) in [5.74, 6) is -0.423. The lowest BCUT2D eigenvalue weighted by Crippen LogP contribution is -2.13. The summed E-state index contributed by atoms with van der Waals surface area (Å²) in [4.78, 5) is 12.7. The Morgan fingerprint density at radius 3 is 2.65 bits per heavy atom. The topological polar surface area (TPSA) is 64.4 Å². The summed E-state index contributed by atoms with van der Waals surface area (Å²) in [6.07, 6.45) is 0. The average molecular weight is 395 g/mol. The van der Waals surface area contributed by atoms with Crippen molar-refractivity contribution in [3.05, 3.63) is 63.6 Å². The van der Waals surface area contributed by atoms with Gasteiger partial charge in [-0.3, -0.25) is 4.79 Å². The standard InChI is InChI=1S/C18H13Cl2FN2O3/c1-9-15(17(23-26-9)16-11(19)4-3-5-13(16)21)18(24)22-10-6-7-14(25-2)12(20)8-10/h3-8H,1-2H3,(H,22,24). The Morgan fingerprint density at radius 2 is 2.00 bits per heavy atom. The zero-order chi connectivity index (χ0) is 18.8. The molecule has 134 valence electrons. The predicted molar refractivity (Wildman–Crippen MR) is 97.6 cm³/mol. The Labute approximate surface area is 158 Å². The number of nitrogens with one attached hydrogen (secondary N) is 1. The van der Waals surface area contributed by atoms with E-state index in [1.165, 1.54) is 31.4 Å². The molecule has 2 aromatic carbocycles. The van der Waals surface area contributed by atoms with Crippen LogP contribution in [0.2, 0.25) is 10.0 Å². The number of halogens is 3. The zero-order valence-corrected chi connectivity index (χ0v) is 15.3. The maximum atomic E-state index is 14.2. The molecular formula is C18H13Cl2FN2O3. The molecule has 0 aliphatic rings. The van der Waals surface area contributed by atoms with Gasteiger partial charge < -0.3 is 14.6 Å². The van der Waals surface area contributed by atoms with E-state index in [2.05, 4.69) is 10.5 Å². The number of aryl methyl sites for hydroxylation is 1. The van der Waals surface area contributed by atoms with Gasteiger partial charge in [0.15, 0.2) is 0 Å². The quantitative estimate of drug-likeness (QED) is 0.646. The molecule has 26 heavy (non-hydrogen) atoms. The average Bonchev–Trinajstić information content (AvgIpc) is 2.96. The minimum atomic E-state index is -0.604. The van der Waals surface area contributed by atoms with E-state index in [4.69, 9.17) is 32.5 Å². The number of carbonyl (C=O) groups excluding carboxylic acids is 1. The van der Waals surface area contributed by atoms with Gasteiger partial charge in [-0.15, -0.1) is 0 Å². The lowest BCUT2D eigenvalue weighted by atomic mass is 10.0. The van der Waals surface area contributed by atoms with Crippen LogP contribution in [0.5, 0.6) is 5.75 Å². The number of anilines is 1. The fourth-order valence-electron chi connectivity index (χ4n) is 2.47. The molecule has 3 aromatic rings. The maximum Gasteiger partial charge on any atom is 0.261 e. The molecule has 0 fully saturated rings. The van der Waals surface area contributed by atoms with Gasteiger partial charge in [0.2, 0.25) is 0 Å². The summed E-state index contributed by atoms with van der Waals surface area (Å²) < 4.78 is 24.4. The Bertz CT molecular complexity index is 968. The van der Waals surface area contributed by atoms with Crippen molar-refractivity contribution in [2.45, 2.75) is 6.92 Å². The van der Waals surface area contributed by atoms with Crippen molar-refractivity contribution >= 4 is 34.8 Å². The molecule has 0 saturated heterocycles. The van der Waals surface area contributed by atoms with Gasteiger partial charge in [-0.2, -0.15) is 0 Å². The molecule has 0 saturated carbocycles. The van der Waals surface area contributed by atoms with Crippen molar-refractivity contribution in [1.29, 1.82) is 0 Å². The molecule has 1 amide bonds. The lowest BCUT2D eigenvalue weighted by Gasteiger charge is -2.09. The van der Waals surface area contributed by atoms with E-state index in [0.717, 1.165) is 0 Å². The van der Waals surface area contributed by atoms with Gasteiger partial charge in [0.05, 0.1) is 22.7 Å². The number of hydrogen-bond acceptors (Lipinski definition) is 4. The molecule has 3 rings (SSSR count). The summed E-state index contributed by atoms with van der Waals surface area (Å²) in [5.41, 5.74) is 0.558. The first-order valence-corrected chi connectivity index (χ1v) is 8.23. The molecule has 1 heterocycles. The normalized spacial score (nSPS) is 10.7. The van der Waals surface area contributed by atoms with Crippen LogP contribution in [-0.2, 0) is 0 Å². The number of carbonyl (C=O) groups is 1. The largest absolute Gasteiger partial charge is 0.495 e. The molecule has 1 aromatic heterocycles. The third-order valence-electron chi connectivity index (χ3n) is 3.70. The van der Waals surface area contributed by atoms with Crippen LogP contribution in [0.4, 0.5) is 10.1 Å². The monoisotopic (exact) mass is 394 g/mol. The molecule has 0 aliphatic heterocycles. The second-order valence-electron chi connectivity index (χ2n) is 5.36. The zero-order valence-electron chi connectivity index (χ0n) is 13.8. The number of amides is 1. The first kappa shape index (κ1) is 18.2. The van der Waals surface area contributed by atoms with Gasteiger partial charge >= 0.3 is 0 Å². The van der Waals surface area contributed by atoms with Crippen molar-refractivity contribution in [3.63, 3.8) is 0 Å². The van der Waals surface area contributed by atoms with Gasteiger partial charge in [-0.1, -0.05) is 34.4 Å². The summed E-state index contributed by atoms with van der Waals surface area (Å²) >= 11 is 12.1. The van der Waals surface area contributed by atoms with Gasteiger partial charge in [0, 0.05) is 5.69 Å². The number of rotatable bonds is 4. The molecule has 0 spiro atoms. The molecular weight excluding hydrogens is 382 g/mol. The second-order valence-corrected chi connectivity index (χ2v) is 6.18. The second kappa shape index (κ2) is 7.35. The summed E-state index contributed by atoms with van der Waals surface area (Å²) in [5, 5.41) is 6.95. The van der Waals surface area contributed by atoms with Crippen molar-refractivity contribution in [2.75, 3.05) is 12.4 Å². The highest BCUT2D eigenvalue weighted by Crippen LogP contribution is 2.34. The minimum absolute atomic E-state index is 0.00364. The molecule has 0 bridgehead atoms. The highest BCUT2D eigenvalue weighted by Gasteiger charge is 2.25. The molecule has 0 atom stereocenters. The Morgan fingerprint density at radius 1 is 1.23 bits per heavy atom. The predicted octanol–water partition coefficient (Wildman–Crippen LogP) is 5.36. The van der Waals surface area contributed by atoms with E-state index in [9.17, 15) is 9.18 Å². The summed E-state index contributed by atoms with van der Waals surface area (Å²) in [6, 6.07) is 8.99. The van der Waals surface area contributed by atoms with E-state index < -0.39 is 11.7 Å². The van der Waals surface area contributed by atoms with E-state index in [-0.39, 0.29) is 27.6 Å². The fourth-order valence-corrected chi connectivity index (χ4v) is 2.98. The fraction of sp³-hybridized carbons (Fsp3) is 0.111. The molecule has 0 aliphatic carbocycles. The highest BCUT2D eigenvalue weighted by molar-refractivity contribution is 6.33. The van der Waals surface area contributed by atoms with Crippen LogP contribution in [0, 0.1) is 12.7 Å². The Kier molecular flexibility index (Phi) is 5.15. The van der Waals surface area contributed by atoms with Crippen LogP contribution in [0.3, 0.4) is 0 Å². The van der Waals surface area contributed by atoms with Crippen LogP contribution >= 0.6 is 23.2 Å². The highest BCUT2D eigenvalue weighted by atomic mass is 35.5. The molecule has 5 nitrogen and oxygen atoms in total. The van der Waals surface area contributed by atoms with E-state index in [0.29, 0.717) is 16.5 Å². The number of ether oxygens (including phenoxy) is 1. The third kappa shape index (κ3) is 3.38.